The fraction of sp³-hybridized carbons (Fsp3) is 0.417. The second kappa shape index (κ2) is 8.78. The van der Waals surface area contributed by atoms with Crippen molar-refractivity contribution in [1.29, 1.82) is 0 Å². The average molecular weight is 512 g/mol. The van der Waals surface area contributed by atoms with E-state index in [-0.39, 0.29) is 17.8 Å². The summed E-state index contributed by atoms with van der Waals surface area (Å²) in [5.74, 6) is 0.458. The number of anilines is 1. The van der Waals surface area contributed by atoms with Crippen LogP contribution in [0.1, 0.15) is 55.6 Å². The summed E-state index contributed by atoms with van der Waals surface area (Å²) in [6.45, 7) is 2.66. The Morgan fingerprint density at radius 1 is 1.24 bits per heavy atom. The molecule has 1 saturated carbocycles. The zero-order valence-electron chi connectivity index (χ0n) is 18.3. The van der Waals surface area contributed by atoms with Crippen LogP contribution in [-0.2, 0) is 4.79 Å². The zero-order chi connectivity index (χ0) is 23.1. The van der Waals surface area contributed by atoms with Crippen molar-refractivity contribution in [3.05, 3.63) is 46.1 Å². The number of aliphatic imine (C=N–C) groups is 1. The van der Waals surface area contributed by atoms with E-state index in [4.69, 9.17) is 15.5 Å². The number of aliphatic carboxylic acids is 1. The molecule has 3 aromatic rings. The molecule has 2 atom stereocenters. The van der Waals surface area contributed by atoms with Gasteiger partial charge in [-0.1, -0.05) is 25.1 Å². The van der Waals surface area contributed by atoms with Gasteiger partial charge in [0, 0.05) is 17.7 Å². The van der Waals surface area contributed by atoms with Crippen LogP contribution in [0.25, 0.3) is 5.65 Å². The molecule has 2 unspecified atom stereocenters. The molecular formula is C24H26BrN5O3. The molecule has 2 aliphatic rings. The molecule has 0 bridgehead atoms. The van der Waals surface area contributed by atoms with Gasteiger partial charge in [0.05, 0.1) is 24.4 Å². The van der Waals surface area contributed by atoms with Gasteiger partial charge in [0.2, 0.25) is 5.88 Å². The Labute approximate surface area is 200 Å². The van der Waals surface area contributed by atoms with Crippen LogP contribution in [0.5, 0.6) is 5.88 Å². The van der Waals surface area contributed by atoms with Crippen LogP contribution in [0.2, 0.25) is 0 Å². The average Bonchev–Trinajstić information content (AvgIpc) is 3.25. The standard InChI is InChI=1S/C24H26BrN5O3/c1-13-16-4-2-3-5-19(16)27-10-17(13)18-11-28-30-21(26)20(25)23(29-22(18)30)33-12-14-6-8-15(9-7-14)24(31)32/h2-5,10-11,13-15,17H,6-9,12,26H2,1H3,(H,31,32). The number of nitrogens with two attached hydrogens (primary N) is 1. The molecule has 1 aliphatic heterocycles. The van der Waals surface area contributed by atoms with Gasteiger partial charge in [-0.25, -0.2) is 0 Å². The highest BCUT2D eigenvalue weighted by atomic mass is 79.9. The van der Waals surface area contributed by atoms with Crippen LogP contribution in [0.4, 0.5) is 11.5 Å². The summed E-state index contributed by atoms with van der Waals surface area (Å²) in [4.78, 5) is 20.6. The highest BCUT2D eigenvalue weighted by Crippen LogP contribution is 2.42. The van der Waals surface area contributed by atoms with E-state index in [1.165, 1.54) is 5.56 Å². The number of carboxylic acid groups (broad SMARTS) is 1. The van der Waals surface area contributed by atoms with Crippen molar-refractivity contribution >= 4 is 45.3 Å². The first-order valence-electron chi connectivity index (χ1n) is 11.2. The van der Waals surface area contributed by atoms with E-state index in [0.717, 1.165) is 24.1 Å². The minimum atomic E-state index is -0.701. The Hall–Kier alpha value is -2.94. The number of fused-ring (bicyclic) bond motifs is 2. The van der Waals surface area contributed by atoms with E-state index in [1.807, 2.05) is 30.6 Å². The largest absolute Gasteiger partial charge is 0.481 e. The van der Waals surface area contributed by atoms with Crippen molar-refractivity contribution in [2.75, 3.05) is 12.3 Å². The number of aromatic nitrogens is 3. The number of nitrogens with zero attached hydrogens (tertiary/aromatic N) is 4. The molecule has 0 radical (unpaired) electrons. The van der Waals surface area contributed by atoms with E-state index in [2.05, 4.69) is 39.0 Å². The molecule has 9 heteroatoms. The smallest absolute Gasteiger partial charge is 0.306 e. The van der Waals surface area contributed by atoms with E-state index in [1.54, 1.807) is 4.52 Å². The first kappa shape index (κ1) is 21.9. The van der Waals surface area contributed by atoms with Gasteiger partial charge in [0.1, 0.15) is 10.3 Å². The third kappa shape index (κ3) is 3.99. The van der Waals surface area contributed by atoms with Gasteiger partial charge in [-0.3, -0.25) is 9.79 Å². The Balaban J connectivity index is 1.40. The predicted octanol–water partition coefficient (Wildman–Crippen LogP) is 4.95. The number of hydrogen-bond acceptors (Lipinski definition) is 6. The minimum Gasteiger partial charge on any atom is -0.481 e. The number of rotatable bonds is 5. The third-order valence-corrected chi connectivity index (χ3v) is 7.72. The van der Waals surface area contributed by atoms with Crippen molar-refractivity contribution in [1.82, 2.24) is 14.6 Å². The van der Waals surface area contributed by atoms with Gasteiger partial charge >= 0.3 is 5.97 Å². The molecule has 1 aromatic carbocycles. The van der Waals surface area contributed by atoms with Crippen molar-refractivity contribution in [3.8, 4) is 5.88 Å². The van der Waals surface area contributed by atoms with Crippen molar-refractivity contribution in [2.45, 2.75) is 44.4 Å². The monoisotopic (exact) mass is 511 g/mol. The molecular weight excluding hydrogens is 486 g/mol. The fourth-order valence-corrected chi connectivity index (χ4v) is 5.29. The predicted molar refractivity (Wildman–Crippen MR) is 129 cm³/mol. The van der Waals surface area contributed by atoms with Gasteiger partial charge in [-0.15, -0.1) is 0 Å². The third-order valence-electron chi connectivity index (χ3n) is 6.97. The number of benzene rings is 1. The van der Waals surface area contributed by atoms with Crippen LogP contribution in [0, 0.1) is 11.8 Å². The highest BCUT2D eigenvalue weighted by Gasteiger charge is 2.30. The van der Waals surface area contributed by atoms with E-state index in [9.17, 15) is 9.90 Å². The number of halogens is 1. The topological polar surface area (TPSA) is 115 Å². The van der Waals surface area contributed by atoms with Gasteiger partial charge in [-0.2, -0.15) is 14.6 Å². The SMILES string of the molecule is CC1c2ccccc2N=CC1c1cnn2c(N)c(Br)c(OCC3CCC(C(=O)O)CC3)nc12. The molecule has 5 rings (SSSR count). The second-order valence-corrected chi connectivity index (χ2v) is 9.76. The van der Waals surface area contributed by atoms with E-state index >= 15 is 0 Å². The molecule has 3 heterocycles. The summed E-state index contributed by atoms with van der Waals surface area (Å²) in [6.07, 6.45) is 6.81. The molecule has 33 heavy (non-hydrogen) atoms. The number of hydrogen-bond donors (Lipinski definition) is 2. The quantitative estimate of drug-likeness (QED) is 0.500. The molecule has 0 amide bonds. The molecule has 172 valence electrons. The van der Waals surface area contributed by atoms with Gasteiger partial charge in [0.15, 0.2) is 5.65 Å². The summed E-state index contributed by atoms with van der Waals surface area (Å²) >= 11 is 3.52. The summed E-state index contributed by atoms with van der Waals surface area (Å²) in [6, 6.07) is 8.17. The molecule has 2 aromatic heterocycles. The maximum Gasteiger partial charge on any atom is 0.306 e. The van der Waals surface area contributed by atoms with E-state index < -0.39 is 5.97 Å². The molecule has 0 saturated heterocycles. The summed E-state index contributed by atoms with van der Waals surface area (Å²) in [5.41, 5.74) is 10.2. The van der Waals surface area contributed by atoms with Crippen LogP contribution >= 0.6 is 15.9 Å². The highest BCUT2D eigenvalue weighted by molar-refractivity contribution is 9.10. The number of carbonyl (C=O) groups is 1. The van der Waals surface area contributed by atoms with E-state index in [0.29, 0.717) is 47.2 Å². The molecule has 3 N–H and O–H groups in total. The second-order valence-electron chi connectivity index (χ2n) is 8.97. The minimum absolute atomic E-state index is 0.0182. The van der Waals surface area contributed by atoms with Crippen LogP contribution in [0.15, 0.2) is 39.9 Å². The number of para-hydroxylation sites is 1. The lowest BCUT2D eigenvalue weighted by Gasteiger charge is -2.26. The lowest BCUT2D eigenvalue weighted by molar-refractivity contribution is -0.143. The van der Waals surface area contributed by atoms with Crippen LogP contribution in [0.3, 0.4) is 0 Å². The number of nitrogen functional groups attached to an aromatic ring is 1. The lowest BCUT2D eigenvalue weighted by Crippen LogP contribution is -2.24. The lowest BCUT2D eigenvalue weighted by atomic mass is 9.82. The first-order chi connectivity index (χ1) is 15.9. The summed E-state index contributed by atoms with van der Waals surface area (Å²) in [5, 5.41) is 13.7. The molecule has 1 aliphatic carbocycles. The summed E-state index contributed by atoms with van der Waals surface area (Å²) < 4.78 is 8.29. The van der Waals surface area contributed by atoms with Crippen LogP contribution < -0.4 is 10.5 Å². The summed E-state index contributed by atoms with van der Waals surface area (Å²) in [7, 11) is 0. The van der Waals surface area contributed by atoms with Crippen molar-refractivity contribution < 1.29 is 14.6 Å². The Morgan fingerprint density at radius 3 is 2.76 bits per heavy atom. The Kier molecular flexibility index (Phi) is 5.82. The Morgan fingerprint density at radius 2 is 2.00 bits per heavy atom. The maximum atomic E-state index is 11.2. The first-order valence-corrected chi connectivity index (χ1v) is 12.0. The maximum absolute atomic E-state index is 11.2. The molecule has 8 nitrogen and oxygen atoms in total. The number of carboxylic acids is 1. The Bertz CT molecular complexity index is 1230. The fourth-order valence-electron chi connectivity index (χ4n) is 4.92. The van der Waals surface area contributed by atoms with Gasteiger partial charge in [-0.05, 0) is 65.1 Å². The van der Waals surface area contributed by atoms with Crippen molar-refractivity contribution in [3.63, 3.8) is 0 Å². The van der Waals surface area contributed by atoms with Gasteiger partial charge < -0.3 is 15.6 Å². The molecule has 1 fully saturated rings. The van der Waals surface area contributed by atoms with Crippen molar-refractivity contribution in [2.24, 2.45) is 16.8 Å². The number of ether oxygens (including phenoxy) is 1. The molecule has 0 spiro atoms. The zero-order valence-corrected chi connectivity index (χ0v) is 19.9. The normalized spacial score (nSPS) is 24.5. The van der Waals surface area contributed by atoms with Gasteiger partial charge in [0.25, 0.3) is 0 Å². The van der Waals surface area contributed by atoms with Crippen LogP contribution in [-0.4, -0.2) is 38.5 Å².